The molecular weight excluding hydrogens is 362 g/mol. The summed E-state index contributed by atoms with van der Waals surface area (Å²) in [5.41, 5.74) is 5.39. The molecule has 0 saturated heterocycles. The van der Waals surface area contributed by atoms with Gasteiger partial charge >= 0.3 is 0 Å². The number of benzene rings is 2. The third-order valence-electron chi connectivity index (χ3n) is 5.31. The summed E-state index contributed by atoms with van der Waals surface area (Å²) in [7, 11) is 1.65. The van der Waals surface area contributed by atoms with Gasteiger partial charge in [-0.2, -0.15) is 0 Å². The summed E-state index contributed by atoms with van der Waals surface area (Å²) in [4.78, 5) is 19.1. The minimum absolute atomic E-state index is 0.150. The van der Waals surface area contributed by atoms with E-state index >= 15 is 0 Å². The largest absolute Gasteiger partial charge is 0.497 e. The molecule has 0 unspecified atom stereocenters. The van der Waals surface area contributed by atoms with E-state index in [1.54, 1.807) is 19.4 Å². The Labute approximate surface area is 171 Å². The van der Waals surface area contributed by atoms with Gasteiger partial charge in [0.2, 0.25) is 0 Å². The van der Waals surface area contributed by atoms with Crippen molar-refractivity contribution in [1.29, 1.82) is 0 Å². The first-order valence-electron chi connectivity index (χ1n) is 9.92. The van der Waals surface area contributed by atoms with E-state index in [9.17, 15) is 4.79 Å². The molecule has 2 aromatic carbocycles. The highest BCUT2D eigenvalue weighted by Gasteiger charge is 2.17. The normalized spacial score (nSPS) is 12.9. The number of fused-ring (bicyclic) bond motifs is 1. The molecule has 1 aliphatic heterocycles. The molecule has 29 heavy (non-hydrogen) atoms. The summed E-state index contributed by atoms with van der Waals surface area (Å²) in [6, 6.07) is 20.2. The molecule has 5 heteroatoms. The lowest BCUT2D eigenvalue weighted by Gasteiger charge is -2.30. The number of nitrogens with zero attached hydrogens (tertiary/aromatic N) is 2. The Kier molecular flexibility index (Phi) is 5.75. The predicted molar refractivity (Wildman–Crippen MR) is 114 cm³/mol. The van der Waals surface area contributed by atoms with Gasteiger partial charge in [-0.1, -0.05) is 36.4 Å². The van der Waals surface area contributed by atoms with Crippen LogP contribution >= 0.6 is 0 Å². The van der Waals surface area contributed by atoms with Crippen LogP contribution in [0.2, 0.25) is 0 Å². The fraction of sp³-hybridized carbons (Fsp3) is 0.250. The van der Waals surface area contributed by atoms with Crippen LogP contribution in [0.1, 0.15) is 27.2 Å². The average Bonchev–Trinajstić information content (AvgIpc) is 2.79. The van der Waals surface area contributed by atoms with Crippen molar-refractivity contribution in [2.24, 2.45) is 0 Å². The van der Waals surface area contributed by atoms with Crippen LogP contribution < -0.4 is 15.0 Å². The molecule has 148 valence electrons. The van der Waals surface area contributed by atoms with Gasteiger partial charge in [0.25, 0.3) is 5.91 Å². The molecule has 3 aromatic rings. The number of carbonyl (C=O) groups is 1. The van der Waals surface area contributed by atoms with Crippen LogP contribution in [0.25, 0.3) is 0 Å². The first kappa shape index (κ1) is 19.0. The maximum absolute atomic E-state index is 12.4. The summed E-state index contributed by atoms with van der Waals surface area (Å²) in [5, 5.41) is 2.94. The van der Waals surface area contributed by atoms with Crippen molar-refractivity contribution in [3.8, 4) is 5.75 Å². The third kappa shape index (κ3) is 4.57. The smallest absolute Gasteiger partial charge is 0.269 e. The topological polar surface area (TPSA) is 54.5 Å². The van der Waals surface area contributed by atoms with Gasteiger partial charge in [0.15, 0.2) is 0 Å². The Bertz CT molecular complexity index is 985. The molecule has 2 heterocycles. The van der Waals surface area contributed by atoms with Crippen LogP contribution in [-0.2, 0) is 19.4 Å². The zero-order valence-corrected chi connectivity index (χ0v) is 16.6. The Morgan fingerprint density at radius 3 is 2.76 bits per heavy atom. The van der Waals surface area contributed by atoms with Crippen LogP contribution in [-0.4, -0.2) is 31.1 Å². The summed E-state index contributed by atoms with van der Waals surface area (Å²) in [6.45, 7) is 2.40. The molecule has 1 N–H and O–H groups in total. The second-order valence-electron chi connectivity index (χ2n) is 7.20. The lowest BCUT2D eigenvalue weighted by Crippen LogP contribution is -2.30. The number of pyridine rings is 1. The lowest BCUT2D eigenvalue weighted by atomic mass is 10.00. The summed E-state index contributed by atoms with van der Waals surface area (Å²) >= 11 is 0. The highest BCUT2D eigenvalue weighted by atomic mass is 16.5. The maximum Gasteiger partial charge on any atom is 0.269 e. The van der Waals surface area contributed by atoms with E-state index in [2.05, 4.69) is 39.5 Å². The number of rotatable bonds is 6. The van der Waals surface area contributed by atoms with E-state index in [1.165, 1.54) is 11.1 Å². The van der Waals surface area contributed by atoms with Gasteiger partial charge in [0, 0.05) is 19.6 Å². The van der Waals surface area contributed by atoms with Crippen molar-refractivity contribution < 1.29 is 9.53 Å². The molecular formula is C24H25N3O2. The third-order valence-corrected chi connectivity index (χ3v) is 5.31. The van der Waals surface area contributed by atoms with Crippen molar-refractivity contribution >= 4 is 11.6 Å². The van der Waals surface area contributed by atoms with Crippen molar-refractivity contribution in [3.05, 3.63) is 89.2 Å². The zero-order chi connectivity index (χ0) is 20.1. The summed E-state index contributed by atoms with van der Waals surface area (Å²) < 4.78 is 5.23. The standard InChI is InChI=1S/C24H25N3O2/c1-29-22-8-4-5-18(15-22)11-13-25-24(28)23-10-9-21(16-26-23)27-14-12-19-6-2-3-7-20(19)17-27/h2-10,15-16H,11-14,17H2,1H3,(H,25,28). The van der Waals surface area contributed by atoms with Gasteiger partial charge in [0.1, 0.15) is 11.4 Å². The molecule has 0 bridgehead atoms. The van der Waals surface area contributed by atoms with Crippen LogP contribution in [0.3, 0.4) is 0 Å². The van der Waals surface area contributed by atoms with Gasteiger partial charge in [-0.15, -0.1) is 0 Å². The molecule has 0 fully saturated rings. The molecule has 1 aliphatic rings. The minimum Gasteiger partial charge on any atom is -0.497 e. The Balaban J connectivity index is 1.32. The van der Waals surface area contributed by atoms with Crippen molar-refractivity contribution in [1.82, 2.24) is 10.3 Å². The molecule has 0 radical (unpaired) electrons. The zero-order valence-electron chi connectivity index (χ0n) is 16.6. The number of carbonyl (C=O) groups excluding carboxylic acids is 1. The SMILES string of the molecule is COc1cccc(CCNC(=O)c2ccc(N3CCc4ccccc4C3)cn2)c1. The highest BCUT2D eigenvalue weighted by Crippen LogP contribution is 2.23. The molecule has 1 amide bonds. The molecule has 1 aromatic heterocycles. The quantitative estimate of drug-likeness (QED) is 0.702. The maximum atomic E-state index is 12.4. The van der Waals surface area contributed by atoms with Gasteiger partial charge in [-0.25, -0.2) is 4.98 Å². The molecule has 0 atom stereocenters. The average molecular weight is 387 g/mol. The number of hydrogen-bond acceptors (Lipinski definition) is 4. The van der Waals surface area contributed by atoms with E-state index in [1.807, 2.05) is 30.3 Å². The van der Waals surface area contributed by atoms with Gasteiger partial charge in [-0.05, 0) is 53.8 Å². The van der Waals surface area contributed by atoms with Gasteiger partial charge in [-0.3, -0.25) is 4.79 Å². The summed E-state index contributed by atoms with van der Waals surface area (Å²) in [5.74, 6) is 0.676. The summed E-state index contributed by atoms with van der Waals surface area (Å²) in [6.07, 6.45) is 3.57. The van der Waals surface area contributed by atoms with E-state index < -0.39 is 0 Å². The fourth-order valence-electron chi connectivity index (χ4n) is 3.66. The van der Waals surface area contributed by atoms with Gasteiger partial charge in [0.05, 0.1) is 19.0 Å². The number of hydrogen-bond donors (Lipinski definition) is 1. The number of ether oxygens (including phenoxy) is 1. The van der Waals surface area contributed by atoms with E-state index in [0.29, 0.717) is 12.2 Å². The Morgan fingerprint density at radius 1 is 1.10 bits per heavy atom. The lowest BCUT2D eigenvalue weighted by molar-refractivity contribution is 0.0949. The van der Waals surface area contributed by atoms with Crippen LogP contribution in [0, 0.1) is 0 Å². The Morgan fingerprint density at radius 2 is 1.97 bits per heavy atom. The molecule has 0 saturated carbocycles. The monoisotopic (exact) mass is 387 g/mol. The van der Waals surface area contributed by atoms with E-state index in [4.69, 9.17) is 4.74 Å². The fourth-order valence-corrected chi connectivity index (χ4v) is 3.66. The van der Waals surface area contributed by atoms with E-state index in [0.717, 1.165) is 42.9 Å². The molecule has 4 rings (SSSR count). The second kappa shape index (κ2) is 8.78. The van der Waals surface area contributed by atoms with Crippen LogP contribution in [0.5, 0.6) is 5.75 Å². The first-order valence-corrected chi connectivity index (χ1v) is 9.92. The van der Waals surface area contributed by atoms with Crippen molar-refractivity contribution in [3.63, 3.8) is 0 Å². The number of anilines is 1. The second-order valence-corrected chi connectivity index (χ2v) is 7.20. The van der Waals surface area contributed by atoms with Crippen LogP contribution in [0.15, 0.2) is 66.9 Å². The first-order chi connectivity index (χ1) is 14.2. The van der Waals surface area contributed by atoms with E-state index in [-0.39, 0.29) is 5.91 Å². The van der Waals surface area contributed by atoms with Crippen LogP contribution in [0.4, 0.5) is 5.69 Å². The number of methoxy groups -OCH3 is 1. The number of amides is 1. The predicted octanol–water partition coefficient (Wildman–Crippen LogP) is 3.63. The number of nitrogens with one attached hydrogen (secondary N) is 1. The molecule has 0 aliphatic carbocycles. The van der Waals surface area contributed by atoms with Crippen molar-refractivity contribution in [2.75, 3.05) is 25.1 Å². The molecule has 5 nitrogen and oxygen atoms in total. The minimum atomic E-state index is -0.150. The number of aromatic nitrogens is 1. The van der Waals surface area contributed by atoms with Gasteiger partial charge < -0.3 is 15.0 Å². The van der Waals surface area contributed by atoms with Crippen molar-refractivity contribution in [2.45, 2.75) is 19.4 Å². The molecule has 0 spiro atoms. The Hall–Kier alpha value is -3.34. The highest BCUT2D eigenvalue weighted by molar-refractivity contribution is 5.92.